The molecule has 0 saturated carbocycles. The van der Waals surface area contributed by atoms with Crippen LogP contribution in [0.2, 0.25) is 5.02 Å². The lowest BCUT2D eigenvalue weighted by molar-refractivity contribution is -0.122. The molecule has 0 radical (unpaired) electrons. The van der Waals surface area contributed by atoms with Crippen LogP contribution < -0.4 is 10.1 Å². The summed E-state index contributed by atoms with van der Waals surface area (Å²) in [5, 5.41) is 12.0. The van der Waals surface area contributed by atoms with Crippen molar-refractivity contribution in [3.8, 4) is 5.75 Å². The minimum atomic E-state index is -1.12. The largest absolute Gasteiger partial charge is 0.492 e. The number of amides is 1. The van der Waals surface area contributed by atoms with E-state index in [0.29, 0.717) is 5.02 Å². The van der Waals surface area contributed by atoms with Crippen molar-refractivity contribution in [2.75, 3.05) is 6.61 Å². The molecule has 1 amide bonds. The number of nitrogens with one attached hydrogen (secondary N) is 1. The molecule has 0 aromatic heterocycles. The molecule has 0 aliphatic carbocycles. The Morgan fingerprint density at radius 2 is 2.11 bits per heavy atom. The van der Waals surface area contributed by atoms with Crippen molar-refractivity contribution in [3.63, 3.8) is 0 Å². The van der Waals surface area contributed by atoms with E-state index in [9.17, 15) is 9.59 Å². The Kier molecular flexibility index (Phi) is 5.63. The third kappa shape index (κ3) is 5.18. The highest BCUT2D eigenvalue weighted by Crippen LogP contribution is 2.23. The van der Waals surface area contributed by atoms with E-state index in [-0.39, 0.29) is 36.3 Å². The molecular formula is C13H16ClNO4. The summed E-state index contributed by atoms with van der Waals surface area (Å²) in [4.78, 5) is 22.4. The molecule has 1 rings (SSSR count). The molecule has 0 fully saturated rings. The van der Waals surface area contributed by atoms with Gasteiger partial charge in [0.15, 0.2) is 0 Å². The Hall–Kier alpha value is -1.75. The summed E-state index contributed by atoms with van der Waals surface area (Å²) in [5.41, 5.74) is -0.0169. The lowest BCUT2D eigenvalue weighted by atomic mass is 10.2. The Bertz CT molecular complexity index is 474. The van der Waals surface area contributed by atoms with Gasteiger partial charge in [-0.15, -0.1) is 0 Å². The highest BCUT2D eigenvalue weighted by atomic mass is 35.5. The van der Waals surface area contributed by atoms with Crippen LogP contribution in [0.5, 0.6) is 5.75 Å². The van der Waals surface area contributed by atoms with Crippen LogP contribution in [0.1, 0.15) is 30.6 Å². The molecular weight excluding hydrogens is 270 g/mol. The lowest BCUT2D eigenvalue weighted by Gasteiger charge is -2.11. The van der Waals surface area contributed by atoms with Crippen LogP contribution in [0, 0.1) is 0 Å². The van der Waals surface area contributed by atoms with Gasteiger partial charge in [0.05, 0.1) is 13.0 Å². The highest BCUT2D eigenvalue weighted by Gasteiger charge is 2.12. The molecule has 0 unspecified atom stereocenters. The van der Waals surface area contributed by atoms with E-state index >= 15 is 0 Å². The minimum absolute atomic E-state index is 0.0169. The van der Waals surface area contributed by atoms with Crippen LogP contribution in [-0.2, 0) is 4.79 Å². The fourth-order valence-corrected chi connectivity index (χ4v) is 1.62. The number of rotatable bonds is 6. The van der Waals surface area contributed by atoms with Gasteiger partial charge in [-0.05, 0) is 32.0 Å². The summed E-state index contributed by atoms with van der Waals surface area (Å²) >= 11 is 5.72. The van der Waals surface area contributed by atoms with E-state index < -0.39 is 5.97 Å². The number of carboxylic acids is 1. The Morgan fingerprint density at radius 3 is 2.68 bits per heavy atom. The number of carboxylic acid groups (broad SMARTS) is 1. The maximum absolute atomic E-state index is 11.4. The van der Waals surface area contributed by atoms with Crippen molar-refractivity contribution >= 4 is 23.5 Å². The Morgan fingerprint density at radius 1 is 1.42 bits per heavy atom. The number of ether oxygens (including phenoxy) is 1. The molecule has 0 atom stereocenters. The fourth-order valence-electron chi connectivity index (χ4n) is 1.44. The summed E-state index contributed by atoms with van der Waals surface area (Å²) in [6.07, 6.45) is 0.167. The summed E-state index contributed by atoms with van der Waals surface area (Å²) in [7, 11) is 0. The summed E-state index contributed by atoms with van der Waals surface area (Å²) in [6.45, 7) is 3.83. The summed E-state index contributed by atoms with van der Waals surface area (Å²) < 4.78 is 5.31. The number of carbonyl (C=O) groups excluding carboxylic acids is 1. The Balaban J connectivity index is 2.58. The molecule has 5 nitrogen and oxygen atoms in total. The topological polar surface area (TPSA) is 75.6 Å². The van der Waals surface area contributed by atoms with Gasteiger partial charge in [-0.3, -0.25) is 4.79 Å². The first-order chi connectivity index (χ1) is 8.90. The molecule has 6 heteroatoms. The van der Waals surface area contributed by atoms with E-state index in [1.807, 2.05) is 13.8 Å². The van der Waals surface area contributed by atoms with Crippen LogP contribution in [-0.4, -0.2) is 29.6 Å². The first kappa shape index (κ1) is 15.3. The number of benzene rings is 1. The van der Waals surface area contributed by atoms with E-state index in [0.717, 1.165) is 0 Å². The zero-order valence-electron chi connectivity index (χ0n) is 10.8. The highest BCUT2D eigenvalue weighted by molar-refractivity contribution is 6.31. The van der Waals surface area contributed by atoms with Gasteiger partial charge in [0.1, 0.15) is 11.3 Å². The number of aromatic carboxylic acids is 1. The van der Waals surface area contributed by atoms with E-state index in [1.54, 1.807) is 0 Å². The molecule has 104 valence electrons. The van der Waals surface area contributed by atoms with Crippen molar-refractivity contribution in [1.29, 1.82) is 0 Å². The first-order valence-corrected chi connectivity index (χ1v) is 6.23. The molecule has 2 N–H and O–H groups in total. The zero-order valence-corrected chi connectivity index (χ0v) is 11.5. The fraction of sp³-hybridized carbons (Fsp3) is 0.385. The lowest BCUT2D eigenvalue weighted by Crippen LogP contribution is -2.31. The van der Waals surface area contributed by atoms with Crippen molar-refractivity contribution in [3.05, 3.63) is 28.8 Å². The quantitative estimate of drug-likeness (QED) is 0.841. The summed E-state index contributed by atoms with van der Waals surface area (Å²) in [5.74, 6) is -1.06. The van der Waals surface area contributed by atoms with Gasteiger partial charge in [0.25, 0.3) is 0 Å². The molecule has 0 heterocycles. The molecule has 0 saturated heterocycles. The van der Waals surface area contributed by atoms with Crippen molar-refractivity contribution in [1.82, 2.24) is 5.32 Å². The Labute approximate surface area is 116 Å². The van der Waals surface area contributed by atoms with Crippen LogP contribution in [0.3, 0.4) is 0 Å². The van der Waals surface area contributed by atoms with Gasteiger partial charge in [0, 0.05) is 11.1 Å². The zero-order chi connectivity index (χ0) is 14.4. The predicted octanol–water partition coefficient (Wildman–Crippen LogP) is 2.33. The third-order valence-corrected chi connectivity index (χ3v) is 2.44. The molecule has 0 spiro atoms. The van der Waals surface area contributed by atoms with Crippen LogP contribution in [0.25, 0.3) is 0 Å². The van der Waals surface area contributed by atoms with Gasteiger partial charge in [-0.1, -0.05) is 11.6 Å². The average molecular weight is 286 g/mol. The molecule has 0 aliphatic heterocycles. The van der Waals surface area contributed by atoms with Crippen LogP contribution >= 0.6 is 11.6 Å². The number of hydrogen-bond acceptors (Lipinski definition) is 3. The van der Waals surface area contributed by atoms with Crippen molar-refractivity contribution in [2.45, 2.75) is 26.3 Å². The van der Waals surface area contributed by atoms with E-state index in [4.69, 9.17) is 21.4 Å². The maximum atomic E-state index is 11.4. The van der Waals surface area contributed by atoms with Crippen molar-refractivity contribution in [2.24, 2.45) is 0 Å². The standard InChI is InChI=1S/C13H16ClNO4/c1-8(2)15-12(16)5-6-19-11-4-3-9(14)7-10(11)13(17)18/h3-4,7-8H,5-6H2,1-2H3,(H,15,16)(H,17,18). The van der Waals surface area contributed by atoms with Gasteiger partial charge in [-0.25, -0.2) is 4.79 Å². The van der Waals surface area contributed by atoms with Crippen LogP contribution in [0.4, 0.5) is 0 Å². The van der Waals surface area contributed by atoms with E-state index in [1.165, 1.54) is 18.2 Å². The second-order valence-electron chi connectivity index (χ2n) is 4.27. The average Bonchev–Trinajstić information content (AvgIpc) is 2.29. The molecule has 0 aliphatic rings. The molecule has 1 aromatic carbocycles. The van der Waals surface area contributed by atoms with E-state index in [2.05, 4.69) is 5.32 Å². The molecule has 1 aromatic rings. The third-order valence-electron chi connectivity index (χ3n) is 2.21. The number of hydrogen-bond donors (Lipinski definition) is 2. The monoisotopic (exact) mass is 285 g/mol. The van der Waals surface area contributed by atoms with Gasteiger partial charge in [0.2, 0.25) is 5.91 Å². The summed E-state index contributed by atoms with van der Waals surface area (Å²) in [6, 6.07) is 4.40. The van der Waals surface area contributed by atoms with Gasteiger partial charge in [-0.2, -0.15) is 0 Å². The maximum Gasteiger partial charge on any atom is 0.339 e. The predicted molar refractivity (Wildman–Crippen MR) is 71.8 cm³/mol. The second-order valence-corrected chi connectivity index (χ2v) is 4.70. The van der Waals surface area contributed by atoms with Gasteiger partial charge >= 0.3 is 5.97 Å². The first-order valence-electron chi connectivity index (χ1n) is 5.85. The minimum Gasteiger partial charge on any atom is -0.492 e. The number of carbonyl (C=O) groups is 2. The second kappa shape index (κ2) is 6.99. The molecule has 19 heavy (non-hydrogen) atoms. The SMILES string of the molecule is CC(C)NC(=O)CCOc1ccc(Cl)cc1C(=O)O. The van der Waals surface area contributed by atoms with Gasteiger partial charge < -0.3 is 15.2 Å². The van der Waals surface area contributed by atoms with Crippen LogP contribution in [0.15, 0.2) is 18.2 Å². The number of halogens is 1. The van der Waals surface area contributed by atoms with Crippen molar-refractivity contribution < 1.29 is 19.4 Å². The molecule has 0 bridgehead atoms. The normalized spacial score (nSPS) is 10.3. The smallest absolute Gasteiger partial charge is 0.339 e.